The number of fused-ring (bicyclic) bond motifs is 1. The Morgan fingerprint density at radius 1 is 1.37 bits per heavy atom. The zero-order valence-corrected chi connectivity index (χ0v) is 11.8. The lowest BCUT2D eigenvalue weighted by Crippen LogP contribution is -2.31. The van der Waals surface area contributed by atoms with Gasteiger partial charge in [0.05, 0.1) is 5.52 Å². The number of carbonyl (C=O) groups is 1. The van der Waals surface area contributed by atoms with Crippen LogP contribution in [0.5, 0.6) is 0 Å². The summed E-state index contributed by atoms with van der Waals surface area (Å²) in [5.74, 6) is 0.0821. The van der Waals surface area contributed by atoms with Crippen LogP contribution in [0.3, 0.4) is 0 Å². The highest BCUT2D eigenvalue weighted by molar-refractivity contribution is 6.00. The van der Waals surface area contributed by atoms with Crippen LogP contribution in [-0.4, -0.2) is 28.5 Å². The molecule has 2 rings (SSSR count). The first kappa shape index (κ1) is 13.4. The molecule has 0 unspecified atom stereocenters. The van der Waals surface area contributed by atoms with Gasteiger partial charge in [-0.25, -0.2) is 0 Å². The molecule has 1 amide bonds. The topological polar surface area (TPSA) is 25.2 Å². The Hall–Kier alpha value is -2.03. The highest BCUT2D eigenvalue weighted by Crippen LogP contribution is 2.24. The molecule has 0 bridgehead atoms. The minimum Gasteiger partial charge on any atom is -0.339 e. The normalized spacial score (nSPS) is 10.7. The van der Waals surface area contributed by atoms with Crippen molar-refractivity contribution < 1.29 is 4.79 Å². The molecule has 0 saturated carbocycles. The van der Waals surface area contributed by atoms with Gasteiger partial charge in [0.1, 0.15) is 5.69 Å². The van der Waals surface area contributed by atoms with Crippen molar-refractivity contribution >= 4 is 22.9 Å². The van der Waals surface area contributed by atoms with E-state index in [-0.39, 0.29) is 5.91 Å². The Labute approximate surface area is 114 Å². The van der Waals surface area contributed by atoms with Gasteiger partial charge < -0.3 is 9.47 Å². The first-order chi connectivity index (χ1) is 9.13. The summed E-state index contributed by atoms with van der Waals surface area (Å²) in [6, 6.07) is 8.00. The van der Waals surface area contributed by atoms with Gasteiger partial charge in [0.15, 0.2) is 0 Å². The molecule has 0 atom stereocenters. The lowest BCUT2D eigenvalue weighted by Gasteiger charge is -2.18. The van der Waals surface area contributed by atoms with Gasteiger partial charge in [0.25, 0.3) is 5.91 Å². The minimum absolute atomic E-state index is 0.0821. The Bertz CT molecular complexity index is 621. The summed E-state index contributed by atoms with van der Waals surface area (Å²) in [7, 11) is 1.94. The molecule has 19 heavy (non-hydrogen) atoms. The molecule has 0 spiro atoms. The Balaban J connectivity index is 2.60. The summed E-state index contributed by atoms with van der Waals surface area (Å²) < 4.78 is 1.97. The molecule has 0 N–H and O–H groups in total. The summed E-state index contributed by atoms with van der Waals surface area (Å²) in [4.78, 5) is 14.3. The lowest BCUT2D eigenvalue weighted by atomic mass is 10.1. The smallest absolute Gasteiger partial charge is 0.270 e. The number of hydrogen-bond donors (Lipinski definition) is 0. The molecular formula is C16H20N2O. The Morgan fingerprint density at radius 2 is 2.05 bits per heavy atom. The lowest BCUT2D eigenvalue weighted by molar-refractivity contribution is 0.0764. The van der Waals surface area contributed by atoms with E-state index < -0.39 is 0 Å². The van der Waals surface area contributed by atoms with Crippen molar-refractivity contribution in [2.24, 2.45) is 7.05 Å². The number of rotatable bonds is 4. The maximum atomic E-state index is 12.5. The molecule has 1 heterocycles. The molecule has 0 aliphatic heterocycles. The highest BCUT2D eigenvalue weighted by Gasteiger charge is 2.18. The van der Waals surface area contributed by atoms with Crippen molar-refractivity contribution in [3.05, 3.63) is 42.1 Å². The quantitative estimate of drug-likeness (QED) is 0.824. The van der Waals surface area contributed by atoms with Crippen molar-refractivity contribution in [1.82, 2.24) is 9.47 Å². The fourth-order valence-electron chi connectivity index (χ4n) is 2.49. The van der Waals surface area contributed by atoms with Crippen LogP contribution in [0.4, 0.5) is 0 Å². The van der Waals surface area contributed by atoms with E-state index in [0.29, 0.717) is 0 Å². The monoisotopic (exact) mass is 256 g/mol. The second-order valence-corrected chi connectivity index (χ2v) is 4.56. The third-order valence-electron chi connectivity index (χ3n) is 3.58. The summed E-state index contributed by atoms with van der Waals surface area (Å²) in [5.41, 5.74) is 2.85. The Morgan fingerprint density at radius 3 is 2.63 bits per heavy atom. The summed E-state index contributed by atoms with van der Waals surface area (Å²) in [6.45, 7) is 9.29. The van der Waals surface area contributed by atoms with Crippen LogP contribution >= 0.6 is 0 Å². The van der Waals surface area contributed by atoms with Crippen LogP contribution < -0.4 is 0 Å². The molecule has 3 nitrogen and oxygen atoms in total. The number of aromatic nitrogens is 1. The van der Waals surface area contributed by atoms with Crippen LogP contribution in [0, 0.1) is 0 Å². The molecule has 0 saturated heterocycles. The van der Waals surface area contributed by atoms with E-state index in [2.05, 4.69) is 6.58 Å². The number of para-hydroxylation sites is 1. The van der Waals surface area contributed by atoms with Crippen molar-refractivity contribution in [1.29, 1.82) is 0 Å². The second-order valence-electron chi connectivity index (χ2n) is 4.56. The summed E-state index contributed by atoms with van der Waals surface area (Å²) in [6.07, 6.45) is 1.83. The van der Waals surface area contributed by atoms with E-state index in [1.54, 1.807) is 0 Å². The third-order valence-corrected chi connectivity index (χ3v) is 3.58. The molecule has 0 aliphatic rings. The number of carbonyl (C=O) groups excluding carboxylic acids is 1. The van der Waals surface area contributed by atoms with Gasteiger partial charge in [0.2, 0.25) is 0 Å². The number of nitrogens with zero attached hydrogens (tertiary/aromatic N) is 2. The zero-order valence-electron chi connectivity index (χ0n) is 11.8. The van der Waals surface area contributed by atoms with E-state index in [9.17, 15) is 4.79 Å². The largest absolute Gasteiger partial charge is 0.339 e. The summed E-state index contributed by atoms with van der Waals surface area (Å²) >= 11 is 0. The van der Waals surface area contributed by atoms with Crippen LogP contribution in [0.2, 0.25) is 0 Å². The van der Waals surface area contributed by atoms with E-state index in [4.69, 9.17) is 0 Å². The van der Waals surface area contributed by atoms with E-state index in [1.165, 1.54) is 0 Å². The van der Waals surface area contributed by atoms with Gasteiger partial charge in [0, 0.05) is 25.5 Å². The molecule has 3 heteroatoms. The number of hydrogen-bond acceptors (Lipinski definition) is 1. The molecule has 0 fully saturated rings. The molecule has 2 aromatic rings. The predicted octanol–water partition coefficient (Wildman–Crippen LogP) is 3.30. The maximum absolute atomic E-state index is 12.5. The average Bonchev–Trinajstić information content (AvgIpc) is 2.77. The molecule has 0 radical (unpaired) electrons. The molecule has 1 aromatic carbocycles. The van der Waals surface area contributed by atoms with Crippen molar-refractivity contribution in [3.63, 3.8) is 0 Å². The van der Waals surface area contributed by atoms with Crippen molar-refractivity contribution in [2.45, 2.75) is 13.8 Å². The zero-order chi connectivity index (χ0) is 14.0. The predicted molar refractivity (Wildman–Crippen MR) is 80.3 cm³/mol. The van der Waals surface area contributed by atoms with Crippen LogP contribution in [0.15, 0.2) is 30.8 Å². The molecule has 0 aliphatic carbocycles. The number of benzene rings is 1. The van der Waals surface area contributed by atoms with Crippen LogP contribution in [0.25, 0.3) is 17.0 Å². The van der Waals surface area contributed by atoms with Crippen LogP contribution in [-0.2, 0) is 7.05 Å². The number of amides is 1. The van der Waals surface area contributed by atoms with E-state index in [1.807, 2.05) is 60.7 Å². The number of aryl methyl sites for hydroxylation is 1. The standard InChI is InChI=1S/C16H20N2O/c1-5-12-9-8-10-13-11-14(17(4)15(12)13)16(19)18(6-2)7-3/h5,8-11H,1,6-7H2,2-4H3. The van der Waals surface area contributed by atoms with Gasteiger partial charge in [-0.1, -0.05) is 30.9 Å². The molecule has 100 valence electrons. The molecule has 1 aromatic heterocycles. The van der Waals surface area contributed by atoms with Gasteiger partial charge in [-0.05, 0) is 25.5 Å². The fraction of sp³-hybridized carbons (Fsp3) is 0.312. The van der Waals surface area contributed by atoms with E-state index in [0.717, 1.165) is 35.2 Å². The van der Waals surface area contributed by atoms with Gasteiger partial charge in [-0.2, -0.15) is 0 Å². The maximum Gasteiger partial charge on any atom is 0.270 e. The second kappa shape index (κ2) is 5.31. The fourth-order valence-corrected chi connectivity index (χ4v) is 2.49. The minimum atomic E-state index is 0.0821. The van der Waals surface area contributed by atoms with Crippen LogP contribution in [0.1, 0.15) is 29.9 Å². The highest BCUT2D eigenvalue weighted by atomic mass is 16.2. The van der Waals surface area contributed by atoms with E-state index >= 15 is 0 Å². The first-order valence-corrected chi connectivity index (χ1v) is 6.64. The Kier molecular flexibility index (Phi) is 3.74. The van der Waals surface area contributed by atoms with Crippen molar-refractivity contribution in [2.75, 3.05) is 13.1 Å². The molecular weight excluding hydrogens is 236 g/mol. The van der Waals surface area contributed by atoms with Gasteiger partial charge in [-0.3, -0.25) is 4.79 Å². The van der Waals surface area contributed by atoms with Gasteiger partial charge in [-0.15, -0.1) is 0 Å². The van der Waals surface area contributed by atoms with Crippen molar-refractivity contribution in [3.8, 4) is 0 Å². The summed E-state index contributed by atoms with van der Waals surface area (Å²) in [5, 5.41) is 1.08. The third kappa shape index (κ3) is 2.16. The average molecular weight is 256 g/mol. The van der Waals surface area contributed by atoms with Gasteiger partial charge >= 0.3 is 0 Å². The SMILES string of the molecule is C=Cc1cccc2cc(C(=O)N(CC)CC)n(C)c12. The first-order valence-electron chi connectivity index (χ1n) is 6.64.